The van der Waals surface area contributed by atoms with Gasteiger partial charge in [0.05, 0.1) is 11.5 Å². The quantitative estimate of drug-likeness (QED) is 0.795. The van der Waals surface area contributed by atoms with E-state index >= 15 is 0 Å². The van der Waals surface area contributed by atoms with Gasteiger partial charge >= 0.3 is 0 Å². The third kappa shape index (κ3) is 4.43. The van der Waals surface area contributed by atoms with E-state index in [0.29, 0.717) is 6.54 Å². The second-order valence-electron chi connectivity index (χ2n) is 5.32. The minimum absolute atomic E-state index is 0.132. The summed E-state index contributed by atoms with van der Waals surface area (Å²) in [5.74, 6) is 0. The van der Waals surface area contributed by atoms with E-state index < -0.39 is 10.0 Å². The first-order valence-electron chi connectivity index (χ1n) is 7.23. The summed E-state index contributed by atoms with van der Waals surface area (Å²) in [6.07, 6.45) is 1.69. The first-order valence-corrected chi connectivity index (χ1v) is 8.67. The smallest absolute Gasteiger partial charge is 0.243 e. The minimum atomic E-state index is -3.56. The van der Waals surface area contributed by atoms with Crippen molar-refractivity contribution in [1.29, 1.82) is 0 Å². The fourth-order valence-corrected chi connectivity index (χ4v) is 3.67. The largest absolute Gasteiger partial charge is 0.395 e. The zero-order valence-electron chi connectivity index (χ0n) is 13.3. The van der Waals surface area contributed by atoms with E-state index in [9.17, 15) is 8.42 Å². The lowest BCUT2D eigenvalue weighted by Gasteiger charge is -2.23. The van der Waals surface area contributed by atoms with Crippen LogP contribution >= 0.6 is 0 Å². The Balaban J connectivity index is 3.18. The highest BCUT2D eigenvalue weighted by molar-refractivity contribution is 7.89. The number of hydrogen-bond donors (Lipinski definition) is 1. The number of unbranched alkanes of at least 4 members (excludes halogenated alkanes) is 1. The number of hydrogen-bond acceptors (Lipinski definition) is 4. The molecule has 120 valence electrons. The van der Waals surface area contributed by atoms with E-state index in [-0.39, 0.29) is 18.0 Å². The standard InChI is InChI=1S/C15H26N2O3S/c1-5-6-9-17(10-11-18)21(19,20)14-8-7-13(2)15(12-14)16(3)4/h7-8,12,18H,5-6,9-11H2,1-4H3. The van der Waals surface area contributed by atoms with Gasteiger partial charge in [-0.2, -0.15) is 4.31 Å². The Morgan fingerprint density at radius 1 is 1.19 bits per heavy atom. The van der Waals surface area contributed by atoms with E-state index in [0.717, 1.165) is 24.1 Å². The van der Waals surface area contributed by atoms with E-state index in [1.807, 2.05) is 38.9 Å². The lowest BCUT2D eigenvalue weighted by molar-refractivity contribution is 0.252. The van der Waals surface area contributed by atoms with Crippen LogP contribution in [0.5, 0.6) is 0 Å². The molecular weight excluding hydrogens is 288 g/mol. The zero-order chi connectivity index (χ0) is 16.0. The van der Waals surface area contributed by atoms with Crippen molar-refractivity contribution in [1.82, 2.24) is 4.31 Å². The summed E-state index contributed by atoms with van der Waals surface area (Å²) < 4.78 is 26.8. The Kier molecular flexibility index (Phi) is 6.64. The van der Waals surface area contributed by atoms with Gasteiger partial charge in [0, 0.05) is 32.9 Å². The number of aliphatic hydroxyl groups is 1. The van der Waals surface area contributed by atoms with E-state index in [4.69, 9.17) is 5.11 Å². The van der Waals surface area contributed by atoms with Gasteiger partial charge in [0.2, 0.25) is 10.0 Å². The van der Waals surface area contributed by atoms with Crippen molar-refractivity contribution in [2.75, 3.05) is 38.7 Å². The molecule has 0 aliphatic heterocycles. The molecule has 0 radical (unpaired) electrons. The van der Waals surface area contributed by atoms with Crippen molar-refractivity contribution >= 4 is 15.7 Å². The molecule has 0 unspecified atom stereocenters. The number of nitrogens with zero attached hydrogens (tertiary/aromatic N) is 2. The molecule has 5 nitrogen and oxygen atoms in total. The summed E-state index contributed by atoms with van der Waals surface area (Å²) in [6.45, 7) is 4.36. The molecule has 0 spiro atoms. The summed E-state index contributed by atoms with van der Waals surface area (Å²) in [6, 6.07) is 5.15. The van der Waals surface area contributed by atoms with Crippen molar-refractivity contribution in [3.05, 3.63) is 23.8 Å². The van der Waals surface area contributed by atoms with Crippen LogP contribution in [-0.2, 0) is 10.0 Å². The second kappa shape index (κ2) is 7.77. The summed E-state index contributed by atoms with van der Waals surface area (Å²) >= 11 is 0. The Hall–Kier alpha value is -1.11. The van der Waals surface area contributed by atoms with Crippen LogP contribution < -0.4 is 4.90 Å². The highest BCUT2D eigenvalue weighted by Gasteiger charge is 2.24. The van der Waals surface area contributed by atoms with Crippen LogP contribution in [0.1, 0.15) is 25.3 Å². The normalized spacial score (nSPS) is 11.9. The monoisotopic (exact) mass is 314 g/mol. The predicted molar refractivity (Wildman–Crippen MR) is 86.3 cm³/mol. The Bertz CT molecular complexity index is 556. The predicted octanol–water partition coefficient (Wildman–Crippen LogP) is 1.84. The molecule has 1 N–H and O–H groups in total. The molecule has 0 heterocycles. The van der Waals surface area contributed by atoms with E-state index in [1.165, 1.54) is 4.31 Å². The molecule has 0 saturated heterocycles. The molecule has 0 fully saturated rings. The van der Waals surface area contributed by atoms with Gasteiger partial charge < -0.3 is 10.0 Å². The first-order chi connectivity index (χ1) is 9.84. The average molecular weight is 314 g/mol. The molecule has 0 saturated carbocycles. The highest BCUT2D eigenvalue weighted by Crippen LogP contribution is 2.24. The summed E-state index contributed by atoms with van der Waals surface area (Å²) in [5.41, 5.74) is 1.91. The van der Waals surface area contributed by atoms with Crippen molar-refractivity contribution in [3.63, 3.8) is 0 Å². The molecular formula is C15H26N2O3S. The van der Waals surface area contributed by atoms with Gasteiger partial charge in [-0.25, -0.2) is 8.42 Å². The molecule has 1 rings (SSSR count). The lowest BCUT2D eigenvalue weighted by Crippen LogP contribution is -2.34. The molecule has 0 aromatic heterocycles. The van der Waals surface area contributed by atoms with Crippen molar-refractivity contribution in [3.8, 4) is 0 Å². The molecule has 1 aromatic rings. The maximum atomic E-state index is 12.7. The minimum Gasteiger partial charge on any atom is -0.395 e. The fourth-order valence-electron chi connectivity index (χ4n) is 2.18. The van der Waals surface area contributed by atoms with Crippen molar-refractivity contribution < 1.29 is 13.5 Å². The topological polar surface area (TPSA) is 60.9 Å². The van der Waals surface area contributed by atoms with Gasteiger partial charge in [0.25, 0.3) is 0 Å². The van der Waals surface area contributed by atoms with Crippen LogP contribution in [0.25, 0.3) is 0 Å². The summed E-state index contributed by atoms with van der Waals surface area (Å²) in [7, 11) is 0.219. The number of aliphatic hydroxyl groups excluding tert-OH is 1. The van der Waals surface area contributed by atoms with Crippen LogP contribution in [0.3, 0.4) is 0 Å². The van der Waals surface area contributed by atoms with Crippen molar-refractivity contribution in [2.45, 2.75) is 31.6 Å². The number of anilines is 1. The van der Waals surface area contributed by atoms with E-state index in [2.05, 4.69) is 0 Å². The number of sulfonamides is 1. The SMILES string of the molecule is CCCCN(CCO)S(=O)(=O)c1ccc(C)c(N(C)C)c1. The van der Waals surface area contributed by atoms with Crippen LogP contribution in [0.4, 0.5) is 5.69 Å². The van der Waals surface area contributed by atoms with Crippen LogP contribution in [-0.4, -0.2) is 51.6 Å². The summed E-state index contributed by atoms with van der Waals surface area (Å²) in [5, 5.41) is 9.12. The van der Waals surface area contributed by atoms with E-state index in [1.54, 1.807) is 12.1 Å². The van der Waals surface area contributed by atoms with Gasteiger partial charge in [0.15, 0.2) is 0 Å². The maximum Gasteiger partial charge on any atom is 0.243 e. The number of benzene rings is 1. The Morgan fingerprint density at radius 2 is 1.86 bits per heavy atom. The van der Waals surface area contributed by atoms with Gasteiger partial charge in [-0.15, -0.1) is 0 Å². The fraction of sp³-hybridized carbons (Fsp3) is 0.600. The lowest BCUT2D eigenvalue weighted by atomic mass is 10.2. The molecule has 6 heteroatoms. The molecule has 0 aliphatic rings. The van der Waals surface area contributed by atoms with Gasteiger partial charge in [-0.3, -0.25) is 0 Å². The molecule has 21 heavy (non-hydrogen) atoms. The maximum absolute atomic E-state index is 12.7. The van der Waals surface area contributed by atoms with Gasteiger partial charge in [-0.1, -0.05) is 19.4 Å². The molecule has 0 aliphatic carbocycles. The second-order valence-corrected chi connectivity index (χ2v) is 7.26. The molecule has 0 amide bonds. The third-order valence-electron chi connectivity index (χ3n) is 3.41. The van der Waals surface area contributed by atoms with Gasteiger partial charge in [-0.05, 0) is 31.0 Å². The molecule has 0 bridgehead atoms. The first kappa shape index (κ1) is 17.9. The highest BCUT2D eigenvalue weighted by atomic mass is 32.2. The van der Waals surface area contributed by atoms with Crippen LogP contribution in [0.15, 0.2) is 23.1 Å². The Morgan fingerprint density at radius 3 is 2.38 bits per heavy atom. The van der Waals surface area contributed by atoms with Crippen molar-refractivity contribution in [2.24, 2.45) is 0 Å². The zero-order valence-corrected chi connectivity index (χ0v) is 14.2. The molecule has 1 aromatic carbocycles. The Labute approximate surface area is 128 Å². The van der Waals surface area contributed by atoms with Crippen LogP contribution in [0, 0.1) is 6.92 Å². The summed E-state index contributed by atoms with van der Waals surface area (Å²) in [4.78, 5) is 2.18. The number of rotatable bonds is 8. The molecule has 0 atom stereocenters. The average Bonchev–Trinajstić information content (AvgIpc) is 2.43. The van der Waals surface area contributed by atoms with Gasteiger partial charge in [0.1, 0.15) is 0 Å². The van der Waals surface area contributed by atoms with Crippen LogP contribution in [0.2, 0.25) is 0 Å². The number of aryl methyl sites for hydroxylation is 1. The third-order valence-corrected chi connectivity index (χ3v) is 5.31.